The molecule has 2 aliphatic rings. The summed E-state index contributed by atoms with van der Waals surface area (Å²) < 4.78 is 13.8. The van der Waals surface area contributed by atoms with Crippen molar-refractivity contribution in [2.75, 3.05) is 30.3 Å². The molecule has 0 aromatic heterocycles. The Bertz CT molecular complexity index is 620. The van der Waals surface area contributed by atoms with Crippen molar-refractivity contribution in [3.05, 3.63) is 23.5 Å². The number of carboxylic acids is 1. The Morgan fingerprint density at radius 1 is 1.38 bits per heavy atom. The van der Waals surface area contributed by atoms with Gasteiger partial charge in [-0.2, -0.15) is 0 Å². The molecule has 0 spiro atoms. The van der Waals surface area contributed by atoms with Crippen molar-refractivity contribution in [1.82, 2.24) is 4.90 Å². The van der Waals surface area contributed by atoms with Crippen molar-refractivity contribution in [3.63, 3.8) is 0 Å². The van der Waals surface area contributed by atoms with E-state index >= 15 is 0 Å². The lowest BCUT2D eigenvalue weighted by Gasteiger charge is -2.39. The highest BCUT2D eigenvalue weighted by atomic mass is 19.1. The molecule has 21 heavy (non-hydrogen) atoms. The van der Waals surface area contributed by atoms with Crippen LogP contribution in [0.5, 0.6) is 0 Å². The zero-order valence-electron chi connectivity index (χ0n) is 11.4. The third kappa shape index (κ3) is 2.28. The number of fused-ring (bicyclic) bond motifs is 1. The fourth-order valence-electron chi connectivity index (χ4n) is 3.10. The van der Waals surface area contributed by atoms with Crippen LogP contribution in [0, 0.1) is 5.82 Å². The maximum atomic E-state index is 13.8. The van der Waals surface area contributed by atoms with E-state index in [2.05, 4.69) is 0 Å². The summed E-state index contributed by atoms with van der Waals surface area (Å²) in [6.07, 6.45) is 1.35. The minimum absolute atomic E-state index is 0.132. The first-order chi connectivity index (χ1) is 9.97. The van der Waals surface area contributed by atoms with Crippen LogP contribution < -0.4 is 10.6 Å². The second kappa shape index (κ2) is 4.91. The molecule has 0 bridgehead atoms. The van der Waals surface area contributed by atoms with E-state index in [0.29, 0.717) is 31.7 Å². The molecule has 0 radical (unpaired) electrons. The summed E-state index contributed by atoms with van der Waals surface area (Å²) in [5.41, 5.74) is 6.19. The number of anilines is 2. The molecule has 1 amide bonds. The van der Waals surface area contributed by atoms with E-state index in [4.69, 9.17) is 10.8 Å². The van der Waals surface area contributed by atoms with E-state index in [1.807, 2.05) is 9.80 Å². The number of nitrogens with two attached hydrogens (primary N) is 1. The van der Waals surface area contributed by atoms with Crippen LogP contribution in [0.15, 0.2) is 12.1 Å². The highest BCUT2D eigenvalue weighted by Crippen LogP contribution is 2.31. The molecule has 1 unspecified atom stereocenters. The predicted molar refractivity (Wildman–Crippen MR) is 74.7 cm³/mol. The summed E-state index contributed by atoms with van der Waals surface area (Å²) in [4.78, 5) is 26.3. The lowest BCUT2D eigenvalue weighted by molar-refractivity contribution is -0.129. The molecule has 1 aromatic carbocycles. The number of hydrogen-bond acceptors (Lipinski definition) is 4. The number of aromatic carboxylic acids is 1. The van der Waals surface area contributed by atoms with Gasteiger partial charge in [0.05, 0.1) is 16.9 Å². The van der Waals surface area contributed by atoms with Crippen molar-refractivity contribution >= 4 is 23.3 Å². The second-order valence-electron chi connectivity index (χ2n) is 5.42. The van der Waals surface area contributed by atoms with E-state index in [0.717, 1.165) is 12.5 Å². The Hall–Kier alpha value is -2.31. The van der Waals surface area contributed by atoms with Crippen molar-refractivity contribution in [2.24, 2.45) is 0 Å². The third-order valence-corrected chi connectivity index (χ3v) is 4.18. The molecule has 0 aliphatic carbocycles. The molecule has 3 N–H and O–H groups in total. The molecule has 1 atom stereocenters. The molecule has 2 saturated heterocycles. The maximum absolute atomic E-state index is 13.8. The van der Waals surface area contributed by atoms with Gasteiger partial charge in [-0.3, -0.25) is 4.79 Å². The monoisotopic (exact) mass is 293 g/mol. The minimum atomic E-state index is -1.34. The number of benzene rings is 1. The summed E-state index contributed by atoms with van der Waals surface area (Å²) in [5.74, 6) is -1.96. The fourth-order valence-corrected chi connectivity index (χ4v) is 3.10. The molecular weight excluding hydrogens is 277 g/mol. The fraction of sp³-hybridized carbons (Fsp3) is 0.429. The number of carbonyl (C=O) groups excluding carboxylic acids is 1. The van der Waals surface area contributed by atoms with E-state index in [1.165, 1.54) is 6.07 Å². The maximum Gasteiger partial charge on any atom is 0.338 e. The Kier molecular flexibility index (Phi) is 3.19. The molecule has 112 valence electrons. The van der Waals surface area contributed by atoms with Crippen molar-refractivity contribution < 1.29 is 19.1 Å². The number of carboxylic acid groups (broad SMARTS) is 1. The van der Waals surface area contributed by atoms with Gasteiger partial charge >= 0.3 is 5.97 Å². The number of nitrogens with zero attached hydrogens (tertiary/aromatic N) is 2. The van der Waals surface area contributed by atoms with Crippen LogP contribution in [0.25, 0.3) is 0 Å². The largest absolute Gasteiger partial charge is 0.478 e. The van der Waals surface area contributed by atoms with Gasteiger partial charge in [0.1, 0.15) is 5.82 Å². The summed E-state index contributed by atoms with van der Waals surface area (Å²) >= 11 is 0. The standard InChI is InChI=1S/C14H16FN3O3/c15-10-6-12(11(16)5-9(10)14(20)21)17-3-4-18-8(7-17)1-2-13(18)19/h5-6,8H,1-4,7,16H2,(H,20,21). The van der Waals surface area contributed by atoms with E-state index in [1.54, 1.807) is 0 Å². The first kappa shape index (κ1) is 13.7. The van der Waals surface area contributed by atoms with Crippen LogP contribution >= 0.6 is 0 Å². The van der Waals surface area contributed by atoms with Gasteiger partial charge in [-0.25, -0.2) is 9.18 Å². The number of nitrogen functional groups attached to an aromatic ring is 1. The summed E-state index contributed by atoms with van der Waals surface area (Å²) in [5, 5.41) is 8.89. The van der Waals surface area contributed by atoms with Crippen molar-refractivity contribution in [2.45, 2.75) is 18.9 Å². The number of hydrogen-bond donors (Lipinski definition) is 2. The molecule has 3 rings (SSSR count). The first-order valence-electron chi connectivity index (χ1n) is 6.84. The molecule has 2 fully saturated rings. The topological polar surface area (TPSA) is 86.9 Å². The van der Waals surface area contributed by atoms with Gasteiger partial charge < -0.3 is 20.6 Å². The van der Waals surface area contributed by atoms with Crippen molar-refractivity contribution in [3.8, 4) is 0 Å². The van der Waals surface area contributed by atoms with Crippen LogP contribution in [0.3, 0.4) is 0 Å². The Morgan fingerprint density at radius 3 is 2.86 bits per heavy atom. The average molecular weight is 293 g/mol. The zero-order chi connectivity index (χ0) is 15.1. The first-order valence-corrected chi connectivity index (χ1v) is 6.84. The summed E-state index contributed by atoms with van der Waals surface area (Å²) in [6.45, 7) is 1.76. The summed E-state index contributed by atoms with van der Waals surface area (Å²) in [6, 6.07) is 2.46. The smallest absolute Gasteiger partial charge is 0.338 e. The number of carbonyl (C=O) groups is 2. The van der Waals surface area contributed by atoms with Gasteiger partial charge in [0.15, 0.2) is 0 Å². The Balaban J connectivity index is 1.86. The van der Waals surface area contributed by atoms with Crippen LogP contribution in [-0.2, 0) is 4.79 Å². The molecule has 0 saturated carbocycles. The minimum Gasteiger partial charge on any atom is -0.478 e. The third-order valence-electron chi connectivity index (χ3n) is 4.18. The van der Waals surface area contributed by atoms with Gasteiger partial charge in [-0.05, 0) is 12.5 Å². The van der Waals surface area contributed by atoms with Gasteiger partial charge in [0, 0.05) is 38.2 Å². The Morgan fingerprint density at radius 2 is 2.14 bits per heavy atom. The predicted octanol–water partition coefficient (Wildman–Crippen LogP) is 0.917. The normalized spacial score (nSPS) is 21.6. The number of halogens is 1. The highest BCUT2D eigenvalue weighted by Gasteiger charge is 2.36. The lowest BCUT2D eigenvalue weighted by Crippen LogP contribution is -2.51. The molecule has 2 heterocycles. The second-order valence-corrected chi connectivity index (χ2v) is 5.42. The van der Waals surface area contributed by atoms with Gasteiger partial charge in [-0.15, -0.1) is 0 Å². The Labute approximate surface area is 120 Å². The van der Waals surface area contributed by atoms with Crippen LogP contribution in [0.2, 0.25) is 0 Å². The molecule has 6 nitrogen and oxygen atoms in total. The van der Waals surface area contributed by atoms with E-state index in [-0.39, 0.29) is 17.6 Å². The van der Waals surface area contributed by atoms with Gasteiger partial charge in [0.2, 0.25) is 5.91 Å². The van der Waals surface area contributed by atoms with Crippen molar-refractivity contribution in [1.29, 1.82) is 0 Å². The zero-order valence-corrected chi connectivity index (χ0v) is 11.4. The number of rotatable bonds is 2. The molecule has 1 aromatic rings. The van der Waals surface area contributed by atoms with Crippen LogP contribution in [-0.4, -0.2) is 47.6 Å². The molecule has 2 aliphatic heterocycles. The lowest BCUT2D eigenvalue weighted by atomic mass is 10.1. The number of piperazine rings is 1. The van der Waals surface area contributed by atoms with E-state index < -0.39 is 17.3 Å². The van der Waals surface area contributed by atoms with Crippen LogP contribution in [0.1, 0.15) is 23.2 Å². The van der Waals surface area contributed by atoms with Crippen LogP contribution in [0.4, 0.5) is 15.8 Å². The van der Waals surface area contributed by atoms with Gasteiger partial charge in [0.25, 0.3) is 0 Å². The quantitative estimate of drug-likeness (QED) is 0.792. The number of amides is 1. The molecule has 7 heteroatoms. The highest BCUT2D eigenvalue weighted by molar-refractivity contribution is 5.91. The average Bonchev–Trinajstić information content (AvgIpc) is 2.81. The van der Waals surface area contributed by atoms with E-state index in [9.17, 15) is 14.0 Å². The SMILES string of the molecule is Nc1cc(C(=O)O)c(F)cc1N1CCN2C(=O)CCC2C1. The van der Waals surface area contributed by atoms with Gasteiger partial charge in [-0.1, -0.05) is 0 Å². The summed E-state index contributed by atoms with van der Waals surface area (Å²) in [7, 11) is 0. The molecular formula is C14H16FN3O3.